The Hall–Kier alpha value is -3.55. The molecule has 2 aromatic carbocycles. The molecule has 0 heterocycles. The largest absolute Gasteiger partial charge is 0.510 e. The van der Waals surface area contributed by atoms with E-state index in [1.54, 1.807) is 30.3 Å². The number of hydrogen-bond donors (Lipinski definition) is 2. The van der Waals surface area contributed by atoms with E-state index in [9.17, 15) is 20.0 Å². The SMILES string of the molecule is C/C(O)=C(/N=Nc1cccc([N+](=O)[O-])c1)C(=O)Nc1ccccc1. The highest BCUT2D eigenvalue weighted by molar-refractivity contribution is 6.03. The van der Waals surface area contributed by atoms with Gasteiger partial charge in [-0.05, 0) is 25.1 Å². The van der Waals surface area contributed by atoms with Gasteiger partial charge in [-0.15, -0.1) is 10.2 Å². The number of carbonyl (C=O) groups is 1. The Kier molecular flexibility index (Phi) is 5.35. The third kappa shape index (κ3) is 4.47. The number of nitro benzene ring substituents is 1. The summed E-state index contributed by atoms with van der Waals surface area (Å²) in [5.74, 6) is -0.965. The molecule has 0 bridgehead atoms. The number of aliphatic hydroxyl groups is 1. The summed E-state index contributed by atoms with van der Waals surface area (Å²) >= 11 is 0. The van der Waals surface area contributed by atoms with Crippen LogP contribution in [-0.4, -0.2) is 15.9 Å². The number of benzene rings is 2. The second-order valence-corrected chi connectivity index (χ2v) is 4.73. The molecular weight excluding hydrogens is 312 g/mol. The summed E-state index contributed by atoms with van der Waals surface area (Å²) in [6, 6.07) is 14.1. The predicted molar refractivity (Wildman–Crippen MR) is 88.0 cm³/mol. The van der Waals surface area contributed by atoms with Crippen LogP contribution in [0.1, 0.15) is 6.92 Å². The smallest absolute Gasteiger partial charge is 0.279 e. The Morgan fingerprint density at radius 3 is 2.50 bits per heavy atom. The number of allylic oxidation sites excluding steroid dienone is 1. The summed E-state index contributed by atoms with van der Waals surface area (Å²) in [5, 5.41) is 30.4. The first kappa shape index (κ1) is 16.8. The van der Waals surface area contributed by atoms with E-state index in [1.807, 2.05) is 0 Å². The Morgan fingerprint density at radius 2 is 1.88 bits per heavy atom. The fourth-order valence-electron chi connectivity index (χ4n) is 1.77. The lowest BCUT2D eigenvalue weighted by atomic mass is 10.3. The molecule has 0 spiro atoms. The normalized spacial score (nSPS) is 11.9. The number of amides is 1. The molecule has 0 radical (unpaired) electrons. The van der Waals surface area contributed by atoms with Gasteiger partial charge in [0.2, 0.25) is 0 Å². The highest BCUT2D eigenvalue weighted by Gasteiger charge is 2.13. The highest BCUT2D eigenvalue weighted by atomic mass is 16.6. The zero-order valence-corrected chi connectivity index (χ0v) is 12.7. The number of rotatable bonds is 5. The minimum atomic E-state index is -0.643. The van der Waals surface area contributed by atoms with Gasteiger partial charge >= 0.3 is 0 Å². The summed E-state index contributed by atoms with van der Waals surface area (Å²) in [4.78, 5) is 22.3. The fourth-order valence-corrected chi connectivity index (χ4v) is 1.77. The number of para-hydroxylation sites is 1. The lowest BCUT2D eigenvalue weighted by molar-refractivity contribution is -0.384. The molecule has 2 rings (SSSR count). The minimum absolute atomic E-state index is 0.147. The topological polar surface area (TPSA) is 117 Å². The molecule has 0 unspecified atom stereocenters. The van der Waals surface area contributed by atoms with Crippen LogP contribution in [0, 0.1) is 10.1 Å². The van der Waals surface area contributed by atoms with E-state index in [4.69, 9.17) is 0 Å². The highest BCUT2D eigenvalue weighted by Crippen LogP contribution is 2.21. The van der Waals surface area contributed by atoms with Crippen molar-refractivity contribution in [1.29, 1.82) is 0 Å². The van der Waals surface area contributed by atoms with Gasteiger partial charge in [-0.25, -0.2) is 0 Å². The van der Waals surface area contributed by atoms with Crippen molar-refractivity contribution in [2.24, 2.45) is 10.2 Å². The number of anilines is 1. The van der Waals surface area contributed by atoms with Gasteiger partial charge in [-0.1, -0.05) is 24.3 Å². The molecule has 2 aromatic rings. The van der Waals surface area contributed by atoms with Crippen LogP contribution >= 0.6 is 0 Å². The number of aliphatic hydroxyl groups excluding tert-OH is 1. The van der Waals surface area contributed by atoms with Gasteiger partial charge in [-0.3, -0.25) is 14.9 Å². The van der Waals surface area contributed by atoms with Crippen LogP contribution in [0.2, 0.25) is 0 Å². The molecule has 0 fully saturated rings. The molecule has 0 atom stereocenters. The Morgan fingerprint density at radius 1 is 1.17 bits per heavy atom. The standard InChI is InChI=1S/C16H14N4O4/c1-11(21)15(16(22)17-12-6-3-2-4-7-12)19-18-13-8-5-9-14(10-13)20(23)24/h2-10,21H,1H3,(H,17,22)/b15-11-,19-18?. The molecule has 8 nitrogen and oxygen atoms in total. The monoisotopic (exact) mass is 326 g/mol. The van der Waals surface area contributed by atoms with E-state index in [0.717, 1.165) is 0 Å². The van der Waals surface area contributed by atoms with Crippen LogP contribution in [0.25, 0.3) is 0 Å². The molecule has 8 heteroatoms. The van der Waals surface area contributed by atoms with Gasteiger partial charge in [0.1, 0.15) is 5.76 Å². The molecule has 0 saturated heterocycles. The van der Waals surface area contributed by atoms with E-state index in [2.05, 4.69) is 15.5 Å². The molecular formula is C16H14N4O4. The second kappa shape index (κ2) is 7.63. The number of hydrogen-bond acceptors (Lipinski definition) is 6. The first-order chi connectivity index (χ1) is 11.5. The van der Waals surface area contributed by atoms with E-state index in [-0.39, 0.29) is 22.8 Å². The maximum atomic E-state index is 12.2. The average molecular weight is 326 g/mol. The number of nitro groups is 1. The summed E-state index contributed by atoms with van der Waals surface area (Å²) in [7, 11) is 0. The van der Waals surface area contributed by atoms with E-state index in [0.29, 0.717) is 5.69 Å². The molecule has 0 saturated carbocycles. The van der Waals surface area contributed by atoms with Gasteiger partial charge in [0.25, 0.3) is 11.6 Å². The molecule has 0 aromatic heterocycles. The number of nitrogens with zero attached hydrogens (tertiary/aromatic N) is 3. The van der Waals surface area contributed by atoms with Crippen LogP contribution in [-0.2, 0) is 4.79 Å². The van der Waals surface area contributed by atoms with Crippen molar-refractivity contribution in [2.45, 2.75) is 6.92 Å². The summed E-state index contributed by atoms with van der Waals surface area (Å²) < 4.78 is 0. The molecule has 122 valence electrons. The molecule has 0 aliphatic rings. The number of non-ortho nitro benzene ring substituents is 1. The third-order valence-corrected chi connectivity index (χ3v) is 2.90. The van der Waals surface area contributed by atoms with Gasteiger partial charge in [-0.2, -0.15) is 0 Å². The quantitative estimate of drug-likeness (QED) is 0.282. The maximum Gasteiger partial charge on any atom is 0.279 e. The Labute approximate surface area is 137 Å². The predicted octanol–water partition coefficient (Wildman–Crippen LogP) is 4.11. The van der Waals surface area contributed by atoms with Gasteiger partial charge in [0, 0.05) is 17.8 Å². The van der Waals surface area contributed by atoms with E-state index in [1.165, 1.54) is 31.2 Å². The van der Waals surface area contributed by atoms with Gasteiger partial charge in [0.15, 0.2) is 5.70 Å². The van der Waals surface area contributed by atoms with Crippen LogP contribution in [0.15, 0.2) is 76.3 Å². The molecule has 24 heavy (non-hydrogen) atoms. The van der Waals surface area contributed by atoms with E-state index < -0.39 is 10.8 Å². The molecule has 1 amide bonds. The lowest BCUT2D eigenvalue weighted by Crippen LogP contribution is -2.14. The lowest BCUT2D eigenvalue weighted by Gasteiger charge is -2.05. The minimum Gasteiger partial charge on any atom is -0.510 e. The Balaban J connectivity index is 2.20. The average Bonchev–Trinajstić information content (AvgIpc) is 2.56. The molecule has 0 aliphatic heterocycles. The van der Waals surface area contributed by atoms with Crippen molar-refractivity contribution in [3.8, 4) is 0 Å². The van der Waals surface area contributed by atoms with Gasteiger partial charge < -0.3 is 10.4 Å². The van der Waals surface area contributed by atoms with Gasteiger partial charge in [0.05, 0.1) is 10.6 Å². The van der Waals surface area contributed by atoms with E-state index >= 15 is 0 Å². The number of azo groups is 1. The van der Waals surface area contributed by atoms with Crippen LogP contribution < -0.4 is 5.32 Å². The van der Waals surface area contributed by atoms with Crippen molar-refractivity contribution in [3.05, 3.63) is 76.2 Å². The zero-order valence-electron chi connectivity index (χ0n) is 12.7. The van der Waals surface area contributed by atoms with Crippen molar-refractivity contribution in [2.75, 3.05) is 5.32 Å². The van der Waals surface area contributed by atoms with Crippen LogP contribution in [0.5, 0.6) is 0 Å². The van der Waals surface area contributed by atoms with Crippen molar-refractivity contribution in [1.82, 2.24) is 0 Å². The third-order valence-electron chi connectivity index (χ3n) is 2.90. The number of nitrogens with one attached hydrogen (secondary N) is 1. The first-order valence-electron chi connectivity index (χ1n) is 6.90. The van der Waals surface area contributed by atoms with Crippen LogP contribution in [0.3, 0.4) is 0 Å². The van der Waals surface area contributed by atoms with Crippen molar-refractivity contribution < 1.29 is 14.8 Å². The fraction of sp³-hybridized carbons (Fsp3) is 0.0625. The van der Waals surface area contributed by atoms with Crippen molar-refractivity contribution >= 4 is 23.0 Å². The Bertz CT molecular complexity index is 812. The molecule has 2 N–H and O–H groups in total. The second-order valence-electron chi connectivity index (χ2n) is 4.73. The summed E-state index contributed by atoms with van der Waals surface area (Å²) in [5.41, 5.74) is 0.291. The molecule has 0 aliphatic carbocycles. The maximum absolute atomic E-state index is 12.2. The number of carbonyl (C=O) groups excluding carboxylic acids is 1. The van der Waals surface area contributed by atoms with Crippen LogP contribution in [0.4, 0.5) is 17.1 Å². The van der Waals surface area contributed by atoms with Crippen molar-refractivity contribution in [3.63, 3.8) is 0 Å². The zero-order chi connectivity index (χ0) is 17.5. The first-order valence-corrected chi connectivity index (χ1v) is 6.90. The summed E-state index contributed by atoms with van der Waals surface area (Å²) in [6.07, 6.45) is 0. The summed E-state index contributed by atoms with van der Waals surface area (Å²) in [6.45, 7) is 1.30.